The topological polar surface area (TPSA) is 96.2 Å². The molecule has 0 spiro atoms. The highest BCUT2D eigenvalue weighted by Gasteiger charge is 2.21. The van der Waals surface area contributed by atoms with E-state index in [2.05, 4.69) is 26.9 Å². The quantitative estimate of drug-likeness (QED) is 0.494. The van der Waals surface area contributed by atoms with Gasteiger partial charge in [0.25, 0.3) is 0 Å². The zero-order valence-corrected chi connectivity index (χ0v) is 18.9. The lowest BCUT2D eigenvalue weighted by Crippen LogP contribution is -2.36. The second-order valence-electron chi connectivity index (χ2n) is 8.20. The van der Waals surface area contributed by atoms with E-state index >= 15 is 0 Å². The number of benzene rings is 1. The molecule has 0 amide bonds. The Labute approximate surface area is 183 Å². The molecule has 1 saturated heterocycles. The fourth-order valence-electron chi connectivity index (χ4n) is 3.79. The number of hydrogen-bond acceptors (Lipinski definition) is 7. The molecule has 0 aliphatic carbocycles. The molecule has 0 bridgehead atoms. The van der Waals surface area contributed by atoms with Crippen LogP contribution in [0.2, 0.25) is 0 Å². The van der Waals surface area contributed by atoms with Crippen molar-refractivity contribution < 1.29 is 13.5 Å². The van der Waals surface area contributed by atoms with Gasteiger partial charge in [-0.05, 0) is 48.9 Å². The van der Waals surface area contributed by atoms with Crippen molar-refractivity contribution >= 4 is 27.1 Å². The fraction of sp³-hybridized carbons (Fsp3) is 0.500. The summed E-state index contributed by atoms with van der Waals surface area (Å²) in [5, 5.41) is 5.27. The molecule has 1 unspecified atom stereocenters. The Bertz CT molecular complexity index is 1050. The van der Waals surface area contributed by atoms with E-state index < -0.39 is 10.2 Å². The largest absolute Gasteiger partial charge is 0.615 e. The first-order chi connectivity index (χ1) is 14.9. The smallest absolute Gasteiger partial charge is 0.225 e. The van der Waals surface area contributed by atoms with Gasteiger partial charge in [-0.2, -0.15) is 5.10 Å². The molecular formula is C22H29N5O3S. The first-order valence-corrected chi connectivity index (χ1v) is 12.8. The lowest BCUT2D eigenvalue weighted by atomic mass is 9.98. The van der Waals surface area contributed by atoms with Crippen molar-refractivity contribution in [3.63, 3.8) is 0 Å². The zero-order valence-electron chi connectivity index (χ0n) is 18.1. The molecule has 0 radical (unpaired) electrons. The van der Waals surface area contributed by atoms with Gasteiger partial charge >= 0.3 is 0 Å². The number of piperidine rings is 1. The van der Waals surface area contributed by atoms with Crippen molar-refractivity contribution in [1.82, 2.24) is 19.7 Å². The van der Waals surface area contributed by atoms with Gasteiger partial charge < -0.3 is 14.2 Å². The van der Waals surface area contributed by atoms with Crippen molar-refractivity contribution in [2.24, 2.45) is 5.92 Å². The van der Waals surface area contributed by atoms with Crippen LogP contribution in [0.5, 0.6) is 5.75 Å². The number of sulfone groups is 1. The summed E-state index contributed by atoms with van der Waals surface area (Å²) in [7, 11) is -3.02. The lowest BCUT2D eigenvalue weighted by molar-refractivity contribution is 0.222. The Morgan fingerprint density at radius 2 is 1.94 bits per heavy atom. The van der Waals surface area contributed by atoms with Crippen LogP contribution >= 0.6 is 0 Å². The molecule has 1 aliphatic rings. The van der Waals surface area contributed by atoms with Crippen molar-refractivity contribution in [2.75, 3.05) is 36.6 Å². The van der Waals surface area contributed by atoms with Crippen LogP contribution < -0.4 is 9.64 Å². The van der Waals surface area contributed by atoms with Gasteiger partial charge in [0, 0.05) is 41.1 Å². The van der Waals surface area contributed by atoms with Gasteiger partial charge in [0.05, 0.1) is 31.1 Å². The highest BCUT2D eigenvalue weighted by atomic mass is 32.3. The normalized spacial score (nSPS) is 17.1. The van der Waals surface area contributed by atoms with Crippen molar-refractivity contribution in [3.8, 4) is 5.75 Å². The van der Waals surface area contributed by atoms with Crippen molar-refractivity contribution in [1.29, 1.82) is 0 Å². The third kappa shape index (κ3) is 5.59. The van der Waals surface area contributed by atoms with Crippen LogP contribution in [0, 0.1) is 5.92 Å². The van der Waals surface area contributed by atoms with E-state index in [9.17, 15) is 8.76 Å². The monoisotopic (exact) mass is 443 g/mol. The Morgan fingerprint density at radius 3 is 2.61 bits per heavy atom. The average molecular weight is 444 g/mol. The standard InChI is InChI=1S/C22H29N5O3S/c1-3-17-13-23-22(24-14-17)26-8-6-18(7-9-26)16-30-20-4-5-21-19(12-20)15-25-27(21)10-11-31(2,28)29/h4-5,12-15,18H,3,6-11,16H2,1-2H3. The van der Waals surface area contributed by atoms with Gasteiger partial charge in [0.15, 0.2) is 0 Å². The second-order valence-corrected chi connectivity index (χ2v) is 10.5. The third-order valence-electron chi connectivity index (χ3n) is 5.77. The number of rotatable bonds is 8. The maximum atomic E-state index is 11.4. The molecule has 1 fully saturated rings. The van der Waals surface area contributed by atoms with Crippen LogP contribution in [0.4, 0.5) is 5.95 Å². The van der Waals surface area contributed by atoms with Crippen LogP contribution in [0.25, 0.3) is 10.9 Å². The predicted molar refractivity (Wildman–Crippen MR) is 121 cm³/mol. The van der Waals surface area contributed by atoms with Crippen LogP contribution in [0.15, 0.2) is 36.8 Å². The molecule has 3 heterocycles. The summed E-state index contributed by atoms with van der Waals surface area (Å²) < 4.78 is 30.6. The van der Waals surface area contributed by atoms with E-state index in [0.717, 1.165) is 60.5 Å². The van der Waals surface area contributed by atoms with E-state index in [4.69, 9.17) is 4.74 Å². The summed E-state index contributed by atoms with van der Waals surface area (Å²) in [6, 6.07) is 5.84. The van der Waals surface area contributed by atoms with E-state index in [1.165, 1.54) is 6.26 Å². The highest BCUT2D eigenvalue weighted by Crippen LogP contribution is 2.24. The summed E-state index contributed by atoms with van der Waals surface area (Å²) in [5.74, 6) is 2.21. The molecule has 1 aliphatic heterocycles. The van der Waals surface area contributed by atoms with Gasteiger partial charge in [0.2, 0.25) is 5.95 Å². The van der Waals surface area contributed by atoms with Gasteiger partial charge in [-0.25, -0.2) is 9.97 Å². The molecule has 2 aromatic heterocycles. The summed E-state index contributed by atoms with van der Waals surface area (Å²) in [5.41, 5.74) is 2.07. The Hall–Kier alpha value is -2.52. The van der Waals surface area contributed by atoms with Gasteiger partial charge in [0.1, 0.15) is 11.5 Å². The number of hydrogen-bond donors (Lipinski definition) is 0. The predicted octanol–water partition coefficient (Wildman–Crippen LogP) is 2.94. The fourth-order valence-corrected chi connectivity index (χ4v) is 4.30. The minimum absolute atomic E-state index is 0.0779. The van der Waals surface area contributed by atoms with Crippen LogP contribution in [0.3, 0.4) is 0 Å². The van der Waals surface area contributed by atoms with Gasteiger partial charge in [-0.3, -0.25) is 4.68 Å². The molecule has 0 N–H and O–H groups in total. The Morgan fingerprint density at radius 1 is 1.19 bits per heavy atom. The van der Waals surface area contributed by atoms with E-state index in [0.29, 0.717) is 19.1 Å². The molecular weight excluding hydrogens is 414 g/mol. The number of anilines is 1. The SMILES string of the molecule is CCc1cnc(N2CCC(COc3ccc4c(cnn4CC[S+](C)(=O)[O-])c3)CC2)nc1. The zero-order chi connectivity index (χ0) is 21.8. The lowest BCUT2D eigenvalue weighted by Gasteiger charge is -2.31. The first-order valence-electron chi connectivity index (χ1n) is 10.7. The molecule has 166 valence electrons. The minimum Gasteiger partial charge on any atom is -0.615 e. The minimum atomic E-state index is -3.02. The Kier molecular flexibility index (Phi) is 6.52. The first kappa shape index (κ1) is 21.7. The molecule has 3 aromatic rings. The van der Waals surface area contributed by atoms with Crippen molar-refractivity contribution in [3.05, 3.63) is 42.4 Å². The van der Waals surface area contributed by atoms with Gasteiger partial charge in [-0.1, -0.05) is 6.92 Å². The molecule has 8 nitrogen and oxygen atoms in total. The second kappa shape index (κ2) is 9.32. The maximum absolute atomic E-state index is 11.4. The van der Waals surface area contributed by atoms with Crippen LogP contribution in [-0.2, 0) is 27.4 Å². The molecule has 0 saturated carbocycles. The summed E-state index contributed by atoms with van der Waals surface area (Å²) in [4.78, 5) is 11.2. The molecule has 31 heavy (non-hydrogen) atoms. The number of fused-ring (bicyclic) bond motifs is 1. The van der Waals surface area contributed by atoms with E-state index in [1.54, 1.807) is 10.9 Å². The number of aryl methyl sites for hydroxylation is 2. The average Bonchev–Trinajstić information content (AvgIpc) is 3.18. The van der Waals surface area contributed by atoms with Crippen molar-refractivity contribution in [2.45, 2.75) is 32.7 Å². The van der Waals surface area contributed by atoms with E-state index in [-0.39, 0.29) is 5.75 Å². The molecule has 1 atom stereocenters. The third-order valence-corrected chi connectivity index (χ3v) is 6.69. The van der Waals surface area contributed by atoms with Crippen LogP contribution in [-0.4, -0.2) is 56.0 Å². The molecule has 1 aromatic carbocycles. The summed E-state index contributed by atoms with van der Waals surface area (Å²) in [6.45, 7) is 5.01. The summed E-state index contributed by atoms with van der Waals surface area (Å²) in [6.07, 6.45) is 9.87. The number of ether oxygens (including phenoxy) is 1. The maximum Gasteiger partial charge on any atom is 0.225 e. The molecule has 9 heteroatoms. The highest BCUT2D eigenvalue weighted by molar-refractivity contribution is 7.96. The van der Waals surface area contributed by atoms with Gasteiger partial charge in [-0.15, -0.1) is 4.21 Å². The van der Waals surface area contributed by atoms with Crippen LogP contribution in [0.1, 0.15) is 25.3 Å². The Balaban J connectivity index is 1.29. The summed E-state index contributed by atoms with van der Waals surface area (Å²) >= 11 is 0. The molecule has 4 rings (SSSR count). The number of aromatic nitrogens is 4. The van der Waals surface area contributed by atoms with E-state index in [1.807, 2.05) is 30.6 Å². The number of nitrogens with zero attached hydrogens (tertiary/aromatic N) is 5.